The van der Waals surface area contributed by atoms with Crippen LogP contribution in [-0.4, -0.2) is 11.0 Å². The lowest BCUT2D eigenvalue weighted by Gasteiger charge is -2.05. The summed E-state index contributed by atoms with van der Waals surface area (Å²) in [5.74, 6) is 0.00548. The molecule has 18 heavy (non-hydrogen) atoms. The van der Waals surface area contributed by atoms with Crippen LogP contribution in [0.15, 0.2) is 48.5 Å². The maximum Gasteiger partial charge on any atom is 0.228 e. The Bertz CT molecular complexity index is 520. The number of phenolic OH excluding ortho intramolecular Hbond substituents is 1. The first-order valence-corrected chi connectivity index (χ1v) is 5.84. The number of benzene rings is 2. The van der Waals surface area contributed by atoms with Crippen molar-refractivity contribution in [1.82, 2.24) is 0 Å². The first-order valence-electron chi connectivity index (χ1n) is 5.47. The zero-order chi connectivity index (χ0) is 13.0. The number of carbonyl (C=O) groups excluding carboxylic acids is 1. The van der Waals surface area contributed by atoms with Gasteiger partial charge in [-0.2, -0.15) is 0 Å². The quantitative estimate of drug-likeness (QED) is 0.891. The molecule has 0 spiro atoms. The van der Waals surface area contributed by atoms with Crippen molar-refractivity contribution in [3.8, 4) is 5.75 Å². The number of hydrogen-bond donors (Lipinski definition) is 2. The molecule has 0 unspecified atom stereocenters. The molecule has 2 aromatic rings. The van der Waals surface area contributed by atoms with E-state index < -0.39 is 0 Å². The fourth-order valence-electron chi connectivity index (χ4n) is 1.62. The highest BCUT2D eigenvalue weighted by atomic mass is 35.5. The van der Waals surface area contributed by atoms with E-state index in [1.54, 1.807) is 48.5 Å². The second-order valence-electron chi connectivity index (χ2n) is 3.91. The zero-order valence-electron chi connectivity index (χ0n) is 9.56. The standard InChI is InChI=1S/C14H12ClNO2/c15-11-4-2-5-12(9-11)16-14(18)8-10-3-1-6-13(17)7-10/h1-7,9,17H,8H2,(H,16,18). The highest BCUT2D eigenvalue weighted by molar-refractivity contribution is 6.30. The van der Waals surface area contributed by atoms with E-state index in [9.17, 15) is 9.90 Å². The normalized spacial score (nSPS) is 10.1. The summed E-state index contributed by atoms with van der Waals surface area (Å²) < 4.78 is 0. The van der Waals surface area contributed by atoms with Gasteiger partial charge in [-0.3, -0.25) is 4.79 Å². The molecule has 0 saturated heterocycles. The first-order chi connectivity index (χ1) is 8.63. The van der Waals surface area contributed by atoms with Gasteiger partial charge in [0.2, 0.25) is 5.91 Å². The number of amides is 1. The van der Waals surface area contributed by atoms with E-state index in [-0.39, 0.29) is 18.1 Å². The van der Waals surface area contributed by atoms with Crippen LogP contribution in [0.2, 0.25) is 5.02 Å². The second kappa shape index (κ2) is 5.56. The topological polar surface area (TPSA) is 49.3 Å². The van der Waals surface area contributed by atoms with E-state index in [1.165, 1.54) is 0 Å². The minimum Gasteiger partial charge on any atom is -0.508 e. The molecule has 2 aromatic carbocycles. The van der Waals surface area contributed by atoms with Crippen LogP contribution < -0.4 is 5.32 Å². The molecule has 0 saturated carbocycles. The molecule has 0 aliphatic rings. The van der Waals surface area contributed by atoms with Gasteiger partial charge in [0.25, 0.3) is 0 Å². The molecule has 3 nitrogen and oxygen atoms in total. The van der Waals surface area contributed by atoms with Crippen molar-refractivity contribution >= 4 is 23.2 Å². The summed E-state index contributed by atoms with van der Waals surface area (Å²) in [6, 6.07) is 13.6. The third-order valence-corrected chi connectivity index (χ3v) is 2.62. The Morgan fingerprint density at radius 1 is 1.17 bits per heavy atom. The van der Waals surface area contributed by atoms with E-state index >= 15 is 0 Å². The highest BCUT2D eigenvalue weighted by Crippen LogP contribution is 2.16. The smallest absolute Gasteiger partial charge is 0.228 e. The number of phenols is 1. The third-order valence-electron chi connectivity index (χ3n) is 2.38. The van der Waals surface area contributed by atoms with E-state index in [1.807, 2.05) is 0 Å². The molecule has 0 bridgehead atoms. The fourth-order valence-corrected chi connectivity index (χ4v) is 1.81. The van der Waals surface area contributed by atoms with Crippen LogP contribution in [0.4, 0.5) is 5.69 Å². The summed E-state index contributed by atoms with van der Waals surface area (Å²) in [5, 5.41) is 12.6. The Kier molecular flexibility index (Phi) is 3.85. The van der Waals surface area contributed by atoms with Gasteiger partial charge in [-0.25, -0.2) is 0 Å². The van der Waals surface area contributed by atoms with Crippen molar-refractivity contribution in [1.29, 1.82) is 0 Å². The predicted octanol–water partition coefficient (Wildman–Crippen LogP) is 3.23. The van der Waals surface area contributed by atoms with Crippen molar-refractivity contribution < 1.29 is 9.90 Å². The predicted molar refractivity (Wildman–Crippen MR) is 71.9 cm³/mol. The van der Waals surface area contributed by atoms with Gasteiger partial charge >= 0.3 is 0 Å². The monoisotopic (exact) mass is 261 g/mol. The Labute approximate surface area is 110 Å². The summed E-state index contributed by atoms with van der Waals surface area (Å²) in [5.41, 5.74) is 1.42. The SMILES string of the molecule is O=C(Cc1cccc(O)c1)Nc1cccc(Cl)c1. The van der Waals surface area contributed by atoms with Crippen molar-refractivity contribution in [2.24, 2.45) is 0 Å². The maximum atomic E-state index is 11.8. The van der Waals surface area contributed by atoms with Crippen molar-refractivity contribution in [3.63, 3.8) is 0 Å². The molecule has 0 aromatic heterocycles. The number of carbonyl (C=O) groups is 1. The molecular formula is C14H12ClNO2. The van der Waals surface area contributed by atoms with E-state index in [2.05, 4.69) is 5.32 Å². The summed E-state index contributed by atoms with van der Waals surface area (Å²) in [6.45, 7) is 0. The number of hydrogen-bond acceptors (Lipinski definition) is 2. The lowest BCUT2D eigenvalue weighted by atomic mass is 10.1. The van der Waals surface area contributed by atoms with E-state index in [0.717, 1.165) is 5.56 Å². The van der Waals surface area contributed by atoms with E-state index in [0.29, 0.717) is 10.7 Å². The van der Waals surface area contributed by atoms with Gasteiger partial charge in [0, 0.05) is 10.7 Å². The second-order valence-corrected chi connectivity index (χ2v) is 4.34. The molecule has 0 aliphatic heterocycles. The molecule has 2 N–H and O–H groups in total. The number of anilines is 1. The Morgan fingerprint density at radius 2 is 1.94 bits per heavy atom. The minimum absolute atomic E-state index is 0.150. The summed E-state index contributed by atoms with van der Waals surface area (Å²) >= 11 is 5.82. The third kappa shape index (κ3) is 3.50. The molecular weight excluding hydrogens is 250 g/mol. The van der Waals surface area contributed by atoms with Crippen LogP contribution in [0.1, 0.15) is 5.56 Å². The van der Waals surface area contributed by atoms with Crippen molar-refractivity contribution in [2.45, 2.75) is 6.42 Å². The van der Waals surface area contributed by atoms with Crippen LogP contribution in [0.25, 0.3) is 0 Å². The average Bonchev–Trinajstić information content (AvgIpc) is 2.28. The van der Waals surface area contributed by atoms with Crippen LogP contribution in [0.3, 0.4) is 0 Å². The lowest BCUT2D eigenvalue weighted by Crippen LogP contribution is -2.14. The number of halogens is 1. The molecule has 0 aliphatic carbocycles. The van der Waals surface area contributed by atoms with Crippen LogP contribution in [-0.2, 0) is 11.2 Å². The maximum absolute atomic E-state index is 11.8. The summed E-state index contributed by atoms with van der Waals surface area (Å²) in [4.78, 5) is 11.8. The summed E-state index contributed by atoms with van der Waals surface area (Å²) in [6.07, 6.45) is 0.209. The van der Waals surface area contributed by atoms with Crippen molar-refractivity contribution in [3.05, 3.63) is 59.1 Å². The van der Waals surface area contributed by atoms with Crippen molar-refractivity contribution in [2.75, 3.05) is 5.32 Å². The largest absolute Gasteiger partial charge is 0.508 e. The fraction of sp³-hybridized carbons (Fsp3) is 0.0714. The van der Waals surface area contributed by atoms with Gasteiger partial charge in [0.1, 0.15) is 5.75 Å². The molecule has 1 amide bonds. The molecule has 0 atom stereocenters. The highest BCUT2D eigenvalue weighted by Gasteiger charge is 2.04. The van der Waals surface area contributed by atoms with Gasteiger partial charge in [0.05, 0.1) is 6.42 Å². The van der Waals surface area contributed by atoms with Gasteiger partial charge in [-0.15, -0.1) is 0 Å². The van der Waals surface area contributed by atoms with Gasteiger partial charge in [0.15, 0.2) is 0 Å². The van der Waals surface area contributed by atoms with Crippen LogP contribution in [0.5, 0.6) is 5.75 Å². The first kappa shape index (κ1) is 12.5. The van der Waals surface area contributed by atoms with Crippen LogP contribution >= 0.6 is 11.6 Å². The molecule has 4 heteroatoms. The number of nitrogens with one attached hydrogen (secondary N) is 1. The molecule has 0 radical (unpaired) electrons. The molecule has 92 valence electrons. The van der Waals surface area contributed by atoms with Crippen LogP contribution in [0, 0.1) is 0 Å². The molecule has 0 fully saturated rings. The zero-order valence-corrected chi connectivity index (χ0v) is 10.3. The van der Waals surface area contributed by atoms with Gasteiger partial charge in [-0.1, -0.05) is 29.8 Å². The Hall–Kier alpha value is -2.00. The summed E-state index contributed by atoms with van der Waals surface area (Å²) in [7, 11) is 0. The minimum atomic E-state index is -0.150. The molecule has 2 rings (SSSR count). The number of aromatic hydroxyl groups is 1. The molecule has 0 heterocycles. The van der Waals surface area contributed by atoms with E-state index in [4.69, 9.17) is 11.6 Å². The Morgan fingerprint density at radius 3 is 2.67 bits per heavy atom. The Balaban J connectivity index is 2.01. The van der Waals surface area contributed by atoms with Gasteiger partial charge in [-0.05, 0) is 35.9 Å². The number of rotatable bonds is 3. The average molecular weight is 262 g/mol. The van der Waals surface area contributed by atoms with Gasteiger partial charge < -0.3 is 10.4 Å². The lowest BCUT2D eigenvalue weighted by molar-refractivity contribution is -0.115.